The van der Waals surface area contributed by atoms with E-state index in [1.807, 2.05) is 13.0 Å². The van der Waals surface area contributed by atoms with Crippen molar-refractivity contribution in [3.05, 3.63) is 18.1 Å². The van der Waals surface area contributed by atoms with E-state index in [2.05, 4.69) is 9.97 Å². The predicted octanol–water partition coefficient (Wildman–Crippen LogP) is 1.72. The van der Waals surface area contributed by atoms with Gasteiger partial charge in [-0.05, 0) is 6.92 Å². The van der Waals surface area contributed by atoms with Gasteiger partial charge in [-0.15, -0.1) is 11.6 Å². The molecule has 0 radical (unpaired) electrons. The minimum Gasteiger partial charge on any atom is -0.477 e. The molecule has 0 fully saturated rings. The van der Waals surface area contributed by atoms with Gasteiger partial charge in [0.1, 0.15) is 5.92 Å². The highest BCUT2D eigenvalue weighted by atomic mass is 35.5. The molecule has 0 aromatic carbocycles. The number of aromatic nitrogens is 2. The van der Waals surface area contributed by atoms with Gasteiger partial charge in [0.15, 0.2) is 0 Å². The average molecular weight is 212 g/mol. The van der Waals surface area contributed by atoms with Crippen molar-refractivity contribution < 1.29 is 4.74 Å². The van der Waals surface area contributed by atoms with Crippen LogP contribution in [0.2, 0.25) is 0 Å². The van der Waals surface area contributed by atoms with Crippen molar-refractivity contribution in [2.24, 2.45) is 0 Å². The zero-order valence-corrected chi connectivity index (χ0v) is 8.53. The molecule has 0 aliphatic heterocycles. The highest BCUT2D eigenvalue weighted by molar-refractivity contribution is 6.18. The molecule has 74 valence electrons. The zero-order valence-electron chi connectivity index (χ0n) is 7.77. The van der Waals surface area contributed by atoms with Crippen LogP contribution in [0, 0.1) is 11.3 Å². The average Bonchev–Trinajstić information content (AvgIpc) is 2.21. The lowest BCUT2D eigenvalue weighted by atomic mass is 10.1. The molecule has 0 spiro atoms. The number of hydrogen-bond acceptors (Lipinski definition) is 4. The lowest BCUT2D eigenvalue weighted by Gasteiger charge is -2.06. The van der Waals surface area contributed by atoms with Crippen LogP contribution in [0.5, 0.6) is 5.88 Å². The summed E-state index contributed by atoms with van der Waals surface area (Å²) in [5.41, 5.74) is 0.549. The molecule has 1 aromatic heterocycles. The number of alkyl halides is 1. The molecule has 0 bridgehead atoms. The lowest BCUT2D eigenvalue weighted by molar-refractivity contribution is 0.324. The van der Waals surface area contributed by atoms with Crippen molar-refractivity contribution in [3.63, 3.8) is 0 Å². The van der Waals surface area contributed by atoms with E-state index in [9.17, 15) is 0 Å². The second-order valence-electron chi connectivity index (χ2n) is 2.55. The van der Waals surface area contributed by atoms with Gasteiger partial charge in [0.05, 0.1) is 30.8 Å². The largest absolute Gasteiger partial charge is 0.477 e. The minimum absolute atomic E-state index is 0.209. The van der Waals surface area contributed by atoms with Crippen molar-refractivity contribution in [1.29, 1.82) is 5.26 Å². The Bertz CT molecular complexity index is 337. The molecule has 1 heterocycles. The first-order valence-corrected chi connectivity index (χ1v) is 4.75. The van der Waals surface area contributed by atoms with Gasteiger partial charge in [-0.1, -0.05) is 0 Å². The molecule has 0 saturated heterocycles. The number of hydrogen-bond donors (Lipinski definition) is 0. The van der Waals surface area contributed by atoms with Gasteiger partial charge >= 0.3 is 0 Å². The third kappa shape index (κ3) is 2.57. The van der Waals surface area contributed by atoms with Gasteiger partial charge in [-0.25, -0.2) is 4.98 Å². The highest BCUT2D eigenvalue weighted by Crippen LogP contribution is 2.15. The van der Waals surface area contributed by atoms with Crippen LogP contribution in [-0.2, 0) is 0 Å². The van der Waals surface area contributed by atoms with E-state index in [0.717, 1.165) is 0 Å². The van der Waals surface area contributed by atoms with Crippen LogP contribution in [0.3, 0.4) is 0 Å². The van der Waals surface area contributed by atoms with Crippen LogP contribution in [0.1, 0.15) is 18.5 Å². The Balaban J connectivity index is 2.88. The molecule has 0 saturated carbocycles. The van der Waals surface area contributed by atoms with Crippen LogP contribution < -0.4 is 4.74 Å². The second kappa shape index (κ2) is 5.40. The Morgan fingerprint density at radius 1 is 1.64 bits per heavy atom. The Hall–Kier alpha value is -1.34. The molecule has 1 aromatic rings. The van der Waals surface area contributed by atoms with Crippen molar-refractivity contribution in [2.75, 3.05) is 12.5 Å². The first-order chi connectivity index (χ1) is 6.81. The fraction of sp³-hybridized carbons (Fsp3) is 0.444. The van der Waals surface area contributed by atoms with Crippen LogP contribution >= 0.6 is 11.6 Å². The van der Waals surface area contributed by atoms with Crippen molar-refractivity contribution in [1.82, 2.24) is 9.97 Å². The molecule has 1 atom stereocenters. The van der Waals surface area contributed by atoms with E-state index in [4.69, 9.17) is 21.6 Å². The summed E-state index contributed by atoms with van der Waals surface area (Å²) < 4.78 is 5.16. The van der Waals surface area contributed by atoms with E-state index >= 15 is 0 Å². The Morgan fingerprint density at radius 3 is 3.00 bits per heavy atom. The first kappa shape index (κ1) is 10.7. The Labute approximate surface area is 87.5 Å². The van der Waals surface area contributed by atoms with Gasteiger partial charge in [-0.2, -0.15) is 5.26 Å². The third-order valence-electron chi connectivity index (χ3n) is 1.59. The maximum atomic E-state index is 8.76. The second-order valence-corrected chi connectivity index (χ2v) is 2.86. The SMILES string of the molecule is CCOc1cncc(C(C#N)CCl)n1. The Morgan fingerprint density at radius 2 is 2.43 bits per heavy atom. The molecule has 0 N–H and O–H groups in total. The monoisotopic (exact) mass is 211 g/mol. The minimum atomic E-state index is -0.426. The molecule has 5 heteroatoms. The molecule has 1 rings (SSSR count). The number of nitriles is 1. The van der Waals surface area contributed by atoms with Crippen molar-refractivity contribution in [3.8, 4) is 11.9 Å². The molecule has 0 amide bonds. The molecule has 14 heavy (non-hydrogen) atoms. The summed E-state index contributed by atoms with van der Waals surface area (Å²) in [5.74, 6) is 0.209. The molecule has 0 aliphatic rings. The molecular formula is C9H10ClN3O. The zero-order chi connectivity index (χ0) is 10.4. The standard InChI is InChI=1S/C9H10ClN3O/c1-2-14-9-6-12-5-8(13-9)7(3-10)4-11/h5-7H,2-3H2,1H3. The van der Waals surface area contributed by atoms with Gasteiger partial charge < -0.3 is 4.74 Å². The van der Waals surface area contributed by atoms with Crippen LogP contribution in [0.4, 0.5) is 0 Å². The normalized spacial score (nSPS) is 11.8. The smallest absolute Gasteiger partial charge is 0.232 e. The molecule has 1 unspecified atom stereocenters. The fourth-order valence-electron chi connectivity index (χ4n) is 0.927. The summed E-state index contributed by atoms with van der Waals surface area (Å²) in [6.45, 7) is 2.38. The van der Waals surface area contributed by atoms with E-state index in [1.165, 1.54) is 12.4 Å². The summed E-state index contributed by atoms with van der Waals surface area (Å²) in [5, 5.41) is 8.76. The van der Waals surface area contributed by atoms with Crippen LogP contribution in [0.25, 0.3) is 0 Å². The van der Waals surface area contributed by atoms with Crippen molar-refractivity contribution >= 4 is 11.6 Å². The van der Waals surface area contributed by atoms with Gasteiger partial charge in [0, 0.05) is 5.88 Å². The summed E-state index contributed by atoms with van der Waals surface area (Å²) in [4.78, 5) is 8.04. The van der Waals surface area contributed by atoms with Crippen LogP contribution in [0.15, 0.2) is 12.4 Å². The first-order valence-electron chi connectivity index (χ1n) is 4.22. The lowest BCUT2D eigenvalue weighted by Crippen LogP contribution is -2.03. The summed E-state index contributed by atoms with van der Waals surface area (Å²) in [6.07, 6.45) is 3.04. The van der Waals surface area contributed by atoms with E-state index in [-0.39, 0.29) is 5.88 Å². The fourth-order valence-corrected chi connectivity index (χ4v) is 1.15. The number of nitrogens with zero attached hydrogens (tertiary/aromatic N) is 3. The highest BCUT2D eigenvalue weighted by Gasteiger charge is 2.11. The number of ether oxygens (including phenoxy) is 1. The van der Waals surface area contributed by atoms with E-state index < -0.39 is 5.92 Å². The van der Waals surface area contributed by atoms with E-state index in [1.54, 1.807) is 0 Å². The van der Waals surface area contributed by atoms with Gasteiger partial charge in [0.2, 0.25) is 5.88 Å². The van der Waals surface area contributed by atoms with Crippen LogP contribution in [-0.4, -0.2) is 22.5 Å². The van der Waals surface area contributed by atoms with Gasteiger partial charge in [-0.3, -0.25) is 4.98 Å². The third-order valence-corrected chi connectivity index (χ3v) is 1.90. The molecule has 0 aliphatic carbocycles. The maximum Gasteiger partial charge on any atom is 0.232 e. The Kier molecular flexibility index (Phi) is 4.14. The summed E-state index contributed by atoms with van der Waals surface area (Å²) >= 11 is 5.60. The maximum absolute atomic E-state index is 8.76. The molecule has 4 nitrogen and oxygen atoms in total. The van der Waals surface area contributed by atoms with E-state index in [0.29, 0.717) is 18.2 Å². The molecular weight excluding hydrogens is 202 g/mol. The number of rotatable bonds is 4. The summed E-state index contributed by atoms with van der Waals surface area (Å²) in [6, 6.07) is 2.05. The predicted molar refractivity (Wildman–Crippen MR) is 52.3 cm³/mol. The van der Waals surface area contributed by atoms with Crippen molar-refractivity contribution in [2.45, 2.75) is 12.8 Å². The van der Waals surface area contributed by atoms with Gasteiger partial charge in [0.25, 0.3) is 0 Å². The number of halogens is 1. The summed E-state index contributed by atoms with van der Waals surface area (Å²) in [7, 11) is 0. The quantitative estimate of drug-likeness (QED) is 0.712. The topological polar surface area (TPSA) is 58.8 Å².